The molecule has 3 rings (SSSR count). The van der Waals surface area contributed by atoms with E-state index in [1.165, 1.54) is 5.56 Å². The fraction of sp³-hybridized carbons (Fsp3) is 0.222. The minimum absolute atomic E-state index is 0.121. The SMILES string of the molecule is COc1ccc2nc(C)nc(N[C@H](C)c3cccc(Br)c3)c2c1. The van der Waals surface area contributed by atoms with Gasteiger partial charge in [-0.25, -0.2) is 9.97 Å². The van der Waals surface area contributed by atoms with Crippen molar-refractivity contribution in [1.29, 1.82) is 0 Å². The van der Waals surface area contributed by atoms with Crippen molar-refractivity contribution in [3.05, 3.63) is 58.3 Å². The molecule has 0 aliphatic carbocycles. The van der Waals surface area contributed by atoms with Gasteiger partial charge < -0.3 is 10.1 Å². The van der Waals surface area contributed by atoms with Crippen LogP contribution in [0.3, 0.4) is 0 Å². The van der Waals surface area contributed by atoms with Gasteiger partial charge in [0.1, 0.15) is 17.4 Å². The van der Waals surface area contributed by atoms with E-state index in [1.54, 1.807) is 7.11 Å². The van der Waals surface area contributed by atoms with Crippen LogP contribution in [-0.4, -0.2) is 17.1 Å². The monoisotopic (exact) mass is 371 g/mol. The number of hydrogen-bond donors (Lipinski definition) is 1. The molecule has 0 aliphatic heterocycles. The van der Waals surface area contributed by atoms with Gasteiger partial charge in [0.05, 0.1) is 18.7 Å². The Morgan fingerprint density at radius 2 is 1.96 bits per heavy atom. The normalized spacial score (nSPS) is 12.2. The lowest BCUT2D eigenvalue weighted by Crippen LogP contribution is -2.09. The van der Waals surface area contributed by atoms with Crippen molar-refractivity contribution in [2.75, 3.05) is 12.4 Å². The summed E-state index contributed by atoms with van der Waals surface area (Å²) >= 11 is 3.52. The van der Waals surface area contributed by atoms with Gasteiger partial charge in [0.15, 0.2) is 0 Å². The summed E-state index contributed by atoms with van der Waals surface area (Å²) in [6, 6.07) is 14.2. The van der Waals surface area contributed by atoms with E-state index in [-0.39, 0.29) is 6.04 Å². The number of aryl methyl sites for hydroxylation is 1. The second-order valence-electron chi connectivity index (χ2n) is 5.42. The molecule has 0 unspecified atom stereocenters. The molecule has 2 aromatic carbocycles. The number of nitrogens with zero attached hydrogens (tertiary/aromatic N) is 2. The van der Waals surface area contributed by atoms with E-state index >= 15 is 0 Å². The number of fused-ring (bicyclic) bond motifs is 1. The van der Waals surface area contributed by atoms with Crippen LogP contribution in [0.2, 0.25) is 0 Å². The van der Waals surface area contributed by atoms with Gasteiger partial charge in [0.2, 0.25) is 0 Å². The van der Waals surface area contributed by atoms with E-state index in [4.69, 9.17) is 4.74 Å². The van der Waals surface area contributed by atoms with Gasteiger partial charge in [-0.3, -0.25) is 0 Å². The Bertz CT molecular complexity index is 851. The molecule has 118 valence electrons. The zero-order valence-corrected chi connectivity index (χ0v) is 14.9. The highest BCUT2D eigenvalue weighted by molar-refractivity contribution is 9.10. The van der Waals surface area contributed by atoms with Gasteiger partial charge >= 0.3 is 0 Å². The molecule has 3 aromatic rings. The van der Waals surface area contributed by atoms with Crippen molar-refractivity contribution in [3.63, 3.8) is 0 Å². The number of halogens is 1. The van der Waals surface area contributed by atoms with Gasteiger partial charge in [-0.1, -0.05) is 28.1 Å². The smallest absolute Gasteiger partial charge is 0.138 e. The van der Waals surface area contributed by atoms with Crippen LogP contribution in [0.4, 0.5) is 5.82 Å². The van der Waals surface area contributed by atoms with Crippen LogP contribution in [0, 0.1) is 6.92 Å². The summed E-state index contributed by atoms with van der Waals surface area (Å²) in [4.78, 5) is 9.07. The Morgan fingerprint density at radius 1 is 1.13 bits per heavy atom. The molecule has 23 heavy (non-hydrogen) atoms. The zero-order valence-electron chi connectivity index (χ0n) is 13.3. The molecule has 4 nitrogen and oxygen atoms in total. The number of nitrogens with one attached hydrogen (secondary N) is 1. The average molecular weight is 372 g/mol. The molecule has 0 bridgehead atoms. The maximum atomic E-state index is 5.32. The van der Waals surface area contributed by atoms with Crippen molar-refractivity contribution < 1.29 is 4.74 Å². The maximum Gasteiger partial charge on any atom is 0.138 e. The summed E-state index contributed by atoms with van der Waals surface area (Å²) in [5.41, 5.74) is 2.09. The summed E-state index contributed by atoms with van der Waals surface area (Å²) in [6.45, 7) is 4.02. The van der Waals surface area contributed by atoms with Crippen molar-refractivity contribution in [2.45, 2.75) is 19.9 Å². The lowest BCUT2D eigenvalue weighted by Gasteiger charge is -2.17. The third-order valence-electron chi connectivity index (χ3n) is 3.72. The average Bonchev–Trinajstić information content (AvgIpc) is 2.54. The van der Waals surface area contributed by atoms with E-state index in [9.17, 15) is 0 Å². The molecule has 0 amide bonds. The number of anilines is 1. The summed E-state index contributed by atoms with van der Waals surface area (Å²) in [6.07, 6.45) is 0. The Kier molecular flexibility index (Phi) is 4.48. The lowest BCUT2D eigenvalue weighted by molar-refractivity contribution is 0.415. The highest BCUT2D eigenvalue weighted by atomic mass is 79.9. The fourth-order valence-corrected chi connectivity index (χ4v) is 2.94. The molecule has 0 spiro atoms. The topological polar surface area (TPSA) is 47.0 Å². The number of ether oxygens (including phenoxy) is 1. The summed E-state index contributed by atoms with van der Waals surface area (Å²) < 4.78 is 6.39. The molecule has 0 saturated carbocycles. The van der Waals surface area contributed by atoms with Gasteiger partial charge in [0.25, 0.3) is 0 Å². The Hall–Kier alpha value is -2.14. The van der Waals surface area contributed by atoms with Crippen LogP contribution in [0.25, 0.3) is 10.9 Å². The van der Waals surface area contributed by atoms with Crippen LogP contribution in [-0.2, 0) is 0 Å². The first-order valence-corrected chi connectivity index (χ1v) is 8.20. The van der Waals surface area contributed by atoms with Crippen LogP contribution >= 0.6 is 15.9 Å². The van der Waals surface area contributed by atoms with E-state index in [0.29, 0.717) is 0 Å². The van der Waals surface area contributed by atoms with E-state index < -0.39 is 0 Å². The van der Waals surface area contributed by atoms with Crippen molar-refractivity contribution >= 4 is 32.7 Å². The van der Waals surface area contributed by atoms with Crippen molar-refractivity contribution in [2.24, 2.45) is 0 Å². The van der Waals surface area contributed by atoms with Crippen LogP contribution in [0.5, 0.6) is 5.75 Å². The quantitative estimate of drug-likeness (QED) is 0.709. The largest absolute Gasteiger partial charge is 0.497 e. The lowest BCUT2D eigenvalue weighted by atomic mass is 10.1. The van der Waals surface area contributed by atoms with Crippen LogP contribution in [0.1, 0.15) is 24.4 Å². The van der Waals surface area contributed by atoms with Gasteiger partial charge in [-0.15, -0.1) is 0 Å². The predicted molar refractivity (Wildman–Crippen MR) is 97.0 cm³/mol. The second-order valence-corrected chi connectivity index (χ2v) is 6.34. The van der Waals surface area contributed by atoms with Gasteiger partial charge in [0, 0.05) is 9.86 Å². The third-order valence-corrected chi connectivity index (χ3v) is 4.21. The van der Waals surface area contributed by atoms with Gasteiger partial charge in [-0.2, -0.15) is 0 Å². The van der Waals surface area contributed by atoms with Gasteiger partial charge in [-0.05, 0) is 49.7 Å². The Labute approximate surface area is 144 Å². The first kappa shape index (κ1) is 15.7. The fourth-order valence-electron chi connectivity index (χ4n) is 2.53. The first-order valence-electron chi connectivity index (χ1n) is 7.41. The third kappa shape index (κ3) is 3.45. The van der Waals surface area contributed by atoms with E-state index in [2.05, 4.69) is 50.3 Å². The minimum Gasteiger partial charge on any atom is -0.497 e. The standard InChI is InChI=1S/C18H18BrN3O/c1-11(13-5-4-6-14(19)9-13)20-18-16-10-15(23-3)7-8-17(16)21-12(2)22-18/h4-11H,1-3H3,(H,20,21,22)/t11-/m1/s1. The molecule has 1 heterocycles. The maximum absolute atomic E-state index is 5.32. The van der Waals surface area contributed by atoms with Crippen molar-refractivity contribution in [1.82, 2.24) is 9.97 Å². The summed E-state index contributed by atoms with van der Waals surface area (Å²) in [5.74, 6) is 2.36. The minimum atomic E-state index is 0.121. The van der Waals surface area contributed by atoms with Crippen molar-refractivity contribution in [3.8, 4) is 5.75 Å². The molecule has 0 fully saturated rings. The molecule has 1 N–H and O–H groups in total. The summed E-state index contributed by atoms with van der Waals surface area (Å²) in [5, 5.41) is 4.45. The number of aromatic nitrogens is 2. The predicted octanol–water partition coefficient (Wildman–Crippen LogP) is 4.88. The molecular weight excluding hydrogens is 354 g/mol. The van der Waals surface area contributed by atoms with Crippen LogP contribution in [0.15, 0.2) is 46.9 Å². The highest BCUT2D eigenvalue weighted by Crippen LogP contribution is 2.28. The number of methoxy groups -OCH3 is 1. The molecule has 1 atom stereocenters. The number of rotatable bonds is 4. The molecular formula is C18H18BrN3O. The molecule has 0 radical (unpaired) electrons. The molecule has 5 heteroatoms. The van der Waals surface area contributed by atoms with Crippen LogP contribution < -0.4 is 10.1 Å². The van der Waals surface area contributed by atoms with E-state index in [0.717, 1.165) is 32.8 Å². The molecule has 1 aromatic heterocycles. The highest BCUT2D eigenvalue weighted by Gasteiger charge is 2.11. The number of hydrogen-bond acceptors (Lipinski definition) is 4. The first-order chi connectivity index (χ1) is 11.1. The Morgan fingerprint density at radius 3 is 2.70 bits per heavy atom. The Balaban J connectivity index is 2.01. The number of benzene rings is 2. The van der Waals surface area contributed by atoms with E-state index in [1.807, 2.05) is 37.3 Å². The molecule has 0 saturated heterocycles. The summed E-state index contributed by atoms with van der Waals surface area (Å²) in [7, 11) is 1.66. The molecule has 0 aliphatic rings. The second kappa shape index (κ2) is 6.54. The zero-order chi connectivity index (χ0) is 16.4.